The highest BCUT2D eigenvalue weighted by molar-refractivity contribution is 7.80. The summed E-state index contributed by atoms with van der Waals surface area (Å²) in [5.74, 6) is 0.657. The smallest absolute Gasteiger partial charge is 0.416 e. The summed E-state index contributed by atoms with van der Waals surface area (Å²) in [5.41, 5.74) is 7.11. The maximum atomic E-state index is 12.6. The minimum absolute atomic E-state index is 0.00379. The maximum Gasteiger partial charge on any atom is 0.416 e. The van der Waals surface area contributed by atoms with Crippen LogP contribution in [0.3, 0.4) is 0 Å². The number of hydrazone groups is 1. The molecule has 110 valence electrons. The van der Waals surface area contributed by atoms with Crippen LogP contribution in [-0.2, 0) is 6.18 Å². The van der Waals surface area contributed by atoms with E-state index in [1.807, 2.05) is 0 Å². The van der Waals surface area contributed by atoms with E-state index in [0.717, 1.165) is 12.1 Å². The van der Waals surface area contributed by atoms with E-state index in [0.29, 0.717) is 17.1 Å². The van der Waals surface area contributed by atoms with E-state index in [4.69, 9.17) is 10.2 Å². The van der Waals surface area contributed by atoms with Crippen molar-refractivity contribution in [1.29, 1.82) is 0 Å². The first-order valence-corrected chi connectivity index (χ1v) is 6.13. The Morgan fingerprint density at radius 3 is 2.71 bits per heavy atom. The fraction of sp³-hybridized carbons (Fsp3) is 0.0769. The van der Waals surface area contributed by atoms with Crippen molar-refractivity contribution >= 4 is 23.5 Å². The number of nitrogens with one attached hydrogen (secondary N) is 1. The molecule has 0 radical (unpaired) electrons. The Morgan fingerprint density at radius 1 is 1.29 bits per heavy atom. The summed E-state index contributed by atoms with van der Waals surface area (Å²) in [5, 5.41) is 3.69. The SMILES string of the molecule is NC(=S)N/N=C/c1ccc(-c2cccc(C(F)(F)F)c2)o1. The molecule has 0 amide bonds. The largest absolute Gasteiger partial charge is 0.455 e. The van der Waals surface area contributed by atoms with Crippen LogP contribution in [-0.4, -0.2) is 11.3 Å². The Labute approximate surface area is 123 Å². The second-order valence-corrected chi connectivity index (χ2v) is 4.45. The number of nitrogens with zero attached hydrogens (tertiary/aromatic N) is 1. The van der Waals surface area contributed by atoms with E-state index in [-0.39, 0.29) is 5.11 Å². The van der Waals surface area contributed by atoms with Gasteiger partial charge in [-0.3, -0.25) is 5.43 Å². The summed E-state index contributed by atoms with van der Waals surface area (Å²) in [6.07, 6.45) is -3.08. The molecular formula is C13H10F3N3OS. The van der Waals surface area contributed by atoms with E-state index in [1.165, 1.54) is 18.3 Å². The maximum absolute atomic E-state index is 12.6. The minimum Gasteiger partial charge on any atom is -0.455 e. The van der Waals surface area contributed by atoms with Crippen molar-refractivity contribution in [2.75, 3.05) is 0 Å². The lowest BCUT2D eigenvalue weighted by Gasteiger charge is -2.07. The Hall–Kier alpha value is -2.35. The van der Waals surface area contributed by atoms with Crippen LogP contribution in [0, 0.1) is 0 Å². The topological polar surface area (TPSA) is 63.5 Å². The molecule has 1 aromatic carbocycles. The molecule has 0 spiro atoms. The lowest BCUT2D eigenvalue weighted by molar-refractivity contribution is -0.137. The minimum atomic E-state index is -4.40. The van der Waals surface area contributed by atoms with Gasteiger partial charge in [0.05, 0.1) is 11.8 Å². The van der Waals surface area contributed by atoms with Crippen LogP contribution in [0.15, 0.2) is 45.9 Å². The van der Waals surface area contributed by atoms with Crippen LogP contribution < -0.4 is 11.2 Å². The normalized spacial score (nSPS) is 11.8. The number of hydrogen-bond acceptors (Lipinski definition) is 3. The average molecular weight is 313 g/mol. The zero-order valence-corrected chi connectivity index (χ0v) is 11.3. The van der Waals surface area contributed by atoms with Crippen LogP contribution in [0.25, 0.3) is 11.3 Å². The van der Waals surface area contributed by atoms with Gasteiger partial charge in [-0.2, -0.15) is 18.3 Å². The molecule has 3 N–H and O–H groups in total. The molecule has 2 rings (SSSR count). The molecule has 0 aliphatic heterocycles. The third kappa shape index (κ3) is 4.06. The van der Waals surface area contributed by atoms with Crippen molar-refractivity contribution in [1.82, 2.24) is 5.43 Å². The predicted octanol–water partition coefficient (Wildman–Crippen LogP) is 3.13. The van der Waals surface area contributed by atoms with Crippen molar-refractivity contribution in [3.05, 3.63) is 47.7 Å². The molecule has 4 nitrogen and oxygen atoms in total. The van der Waals surface area contributed by atoms with Crippen molar-refractivity contribution in [2.24, 2.45) is 10.8 Å². The van der Waals surface area contributed by atoms with Gasteiger partial charge in [0.2, 0.25) is 0 Å². The van der Waals surface area contributed by atoms with Crippen LogP contribution in [0.5, 0.6) is 0 Å². The van der Waals surface area contributed by atoms with Crippen LogP contribution >= 0.6 is 12.2 Å². The summed E-state index contributed by atoms with van der Waals surface area (Å²) in [4.78, 5) is 0. The zero-order valence-electron chi connectivity index (χ0n) is 10.5. The first-order valence-electron chi connectivity index (χ1n) is 5.72. The van der Waals surface area contributed by atoms with Crippen molar-refractivity contribution in [3.8, 4) is 11.3 Å². The van der Waals surface area contributed by atoms with Gasteiger partial charge in [0.1, 0.15) is 11.5 Å². The summed E-state index contributed by atoms with van der Waals surface area (Å²) < 4.78 is 43.3. The van der Waals surface area contributed by atoms with Gasteiger partial charge in [-0.25, -0.2) is 0 Å². The monoisotopic (exact) mass is 313 g/mol. The third-order valence-electron chi connectivity index (χ3n) is 2.47. The first-order chi connectivity index (χ1) is 9.86. The number of alkyl halides is 3. The lowest BCUT2D eigenvalue weighted by atomic mass is 10.1. The highest BCUT2D eigenvalue weighted by Gasteiger charge is 2.30. The number of nitrogens with two attached hydrogens (primary N) is 1. The van der Waals surface area contributed by atoms with Crippen LogP contribution in [0.4, 0.5) is 13.2 Å². The fourth-order valence-corrected chi connectivity index (χ4v) is 1.64. The fourth-order valence-electron chi connectivity index (χ4n) is 1.59. The van der Waals surface area contributed by atoms with Gasteiger partial charge in [0.25, 0.3) is 0 Å². The molecule has 0 saturated heterocycles. The molecule has 8 heteroatoms. The Morgan fingerprint density at radius 2 is 2.05 bits per heavy atom. The van der Waals surface area contributed by atoms with Gasteiger partial charge in [0, 0.05) is 5.56 Å². The molecule has 1 aromatic heterocycles. The van der Waals surface area contributed by atoms with Gasteiger partial charge >= 0.3 is 6.18 Å². The molecule has 0 saturated carbocycles. The Balaban J connectivity index is 2.22. The second kappa shape index (κ2) is 5.96. The quantitative estimate of drug-likeness (QED) is 0.519. The third-order valence-corrected chi connectivity index (χ3v) is 2.56. The number of rotatable bonds is 3. The van der Waals surface area contributed by atoms with Gasteiger partial charge in [-0.05, 0) is 36.5 Å². The molecule has 0 fully saturated rings. The van der Waals surface area contributed by atoms with Gasteiger partial charge in [-0.15, -0.1) is 0 Å². The summed E-state index contributed by atoms with van der Waals surface area (Å²) in [6, 6.07) is 8.00. The second-order valence-electron chi connectivity index (χ2n) is 4.01. The Kier molecular flexibility index (Phi) is 4.27. The van der Waals surface area contributed by atoms with E-state index >= 15 is 0 Å². The number of benzene rings is 1. The number of furan rings is 1. The van der Waals surface area contributed by atoms with E-state index in [1.54, 1.807) is 12.1 Å². The van der Waals surface area contributed by atoms with Crippen LogP contribution in [0.1, 0.15) is 11.3 Å². The van der Waals surface area contributed by atoms with E-state index < -0.39 is 11.7 Å². The van der Waals surface area contributed by atoms with Crippen molar-refractivity contribution in [3.63, 3.8) is 0 Å². The molecule has 1 heterocycles. The molecule has 0 atom stereocenters. The van der Waals surface area contributed by atoms with E-state index in [9.17, 15) is 13.2 Å². The molecule has 2 aromatic rings. The van der Waals surface area contributed by atoms with Gasteiger partial charge < -0.3 is 10.2 Å². The van der Waals surface area contributed by atoms with Gasteiger partial charge in [0.15, 0.2) is 5.11 Å². The molecule has 21 heavy (non-hydrogen) atoms. The molecule has 0 aliphatic carbocycles. The number of thiocarbonyl (C=S) groups is 1. The molecular weight excluding hydrogens is 303 g/mol. The highest BCUT2D eigenvalue weighted by atomic mass is 32.1. The lowest BCUT2D eigenvalue weighted by Crippen LogP contribution is -2.23. The average Bonchev–Trinajstić information content (AvgIpc) is 2.86. The number of hydrogen-bond donors (Lipinski definition) is 2. The molecule has 0 bridgehead atoms. The summed E-state index contributed by atoms with van der Waals surface area (Å²) >= 11 is 4.56. The molecule has 0 aliphatic rings. The zero-order chi connectivity index (χ0) is 15.5. The highest BCUT2D eigenvalue weighted by Crippen LogP contribution is 2.32. The predicted molar refractivity (Wildman–Crippen MR) is 76.7 cm³/mol. The first kappa shape index (κ1) is 15.0. The van der Waals surface area contributed by atoms with Crippen molar-refractivity contribution in [2.45, 2.75) is 6.18 Å². The van der Waals surface area contributed by atoms with Crippen molar-refractivity contribution < 1.29 is 17.6 Å². The molecule has 0 unspecified atom stereocenters. The summed E-state index contributed by atoms with van der Waals surface area (Å²) in [7, 11) is 0. The number of halogens is 3. The van der Waals surface area contributed by atoms with E-state index in [2.05, 4.69) is 22.7 Å². The standard InChI is InChI=1S/C13H10F3N3OS/c14-13(15,16)9-3-1-2-8(6-9)11-5-4-10(20-11)7-18-19-12(17)21/h1-7H,(H3,17,19,21)/b18-7+. The summed E-state index contributed by atoms with van der Waals surface area (Å²) in [6.45, 7) is 0. The van der Waals surface area contributed by atoms with Crippen LogP contribution in [0.2, 0.25) is 0 Å². The Bertz CT molecular complexity index is 679. The van der Waals surface area contributed by atoms with Gasteiger partial charge in [-0.1, -0.05) is 12.1 Å².